The highest BCUT2D eigenvalue weighted by atomic mass is 32.1. The molecule has 1 heterocycles. The van der Waals surface area contributed by atoms with Crippen molar-refractivity contribution in [3.8, 4) is 0 Å². The second kappa shape index (κ2) is 8.66. The number of ether oxygens (including phenoxy) is 1. The molecule has 0 N–H and O–H groups in total. The number of amides is 1. The van der Waals surface area contributed by atoms with E-state index in [-0.39, 0.29) is 18.5 Å². The summed E-state index contributed by atoms with van der Waals surface area (Å²) in [4.78, 5) is 30.6. The monoisotopic (exact) mass is 412 g/mol. The molecule has 2 aliphatic carbocycles. The fourth-order valence-electron chi connectivity index (χ4n) is 4.83. The Morgan fingerprint density at radius 1 is 1.21 bits per heavy atom. The Balaban J connectivity index is 1.36. The zero-order chi connectivity index (χ0) is 20.4. The minimum Gasteiger partial charge on any atom is -0.459 e. The van der Waals surface area contributed by atoms with Crippen molar-refractivity contribution >= 4 is 34.0 Å². The second-order valence-electron chi connectivity index (χ2n) is 8.30. The molecule has 0 spiro atoms. The number of nitrogens with zero attached hydrogens (tertiary/aromatic N) is 2. The summed E-state index contributed by atoms with van der Waals surface area (Å²) in [6, 6.07) is 7.93. The summed E-state index contributed by atoms with van der Waals surface area (Å²) < 4.78 is 5.49. The molecule has 0 radical (unpaired) electrons. The first-order chi connectivity index (χ1) is 14.0. The molecule has 5 nitrogen and oxygen atoms in total. The van der Waals surface area contributed by atoms with Crippen LogP contribution in [0.5, 0.6) is 0 Å². The molecule has 2 saturated carbocycles. The third-order valence-electron chi connectivity index (χ3n) is 6.34. The molecule has 4 rings (SSSR count). The van der Waals surface area contributed by atoms with Crippen LogP contribution in [0.2, 0.25) is 0 Å². The van der Waals surface area contributed by atoms with Gasteiger partial charge in [-0.1, -0.05) is 25.5 Å². The maximum atomic E-state index is 12.3. The molecule has 2 fully saturated rings. The van der Waals surface area contributed by atoms with Crippen molar-refractivity contribution < 1.29 is 14.3 Å². The van der Waals surface area contributed by atoms with E-state index in [1.54, 1.807) is 4.90 Å². The lowest BCUT2D eigenvalue weighted by atomic mass is 9.86. The van der Waals surface area contributed by atoms with E-state index in [1.165, 1.54) is 49.5 Å². The van der Waals surface area contributed by atoms with Gasteiger partial charge in [-0.2, -0.15) is 0 Å². The molecule has 0 unspecified atom stereocenters. The standard InChI is InChI=1S/C23H28N2O3S/c1-3-16-5-8-21(9-6-16)25(15(2)26)23-24-20(14-29-23)13-28-22(27)12-19-11-17-4-7-18(19)10-17/h5-6,8-9,14,17-19H,3-4,7,10-13H2,1-2H3/t17-,18+,19+/m0/s1. The zero-order valence-electron chi connectivity index (χ0n) is 17.1. The van der Waals surface area contributed by atoms with E-state index in [0.717, 1.165) is 23.9 Å². The lowest BCUT2D eigenvalue weighted by Crippen LogP contribution is -2.22. The van der Waals surface area contributed by atoms with E-state index in [9.17, 15) is 9.59 Å². The van der Waals surface area contributed by atoms with Gasteiger partial charge in [0.1, 0.15) is 6.61 Å². The van der Waals surface area contributed by atoms with Crippen LogP contribution in [0, 0.1) is 17.8 Å². The van der Waals surface area contributed by atoms with E-state index in [1.807, 2.05) is 29.6 Å². The van der Waals surface area contributed by atoms with Gasteiger partial charge in [0, 0.05) is 18.7 Å². The molecule has 2 aromatic rings. The fraction of sp³-hybridized carbons (Fsp3) is 0.522. The van der Waals surface area contributed by atoms with Crippen molar-refractivity contribution in [1.29, 1.82) is 0 Å². The van der Waals surface area contributed by atoms with Crippen LogP contribution in [0.4, 0.5) is 10.8 Å². The number of esters is 1. The van der Waals surface area contributed by atoms with Gasteiger partial charge >= 0.3 is 5.97 Å². The van der Waals surface area contributed by atoms with E-state index in [4.69, 9.17) is 4.74 Å². The number of fused-ring (bicyclic) bond motifs is 2. The van der Waals surface area contributed by atoms with Gasteiger partial charge < -0.3 is 4.74 Å². The zero-order valence-corrected chi connectivity index (χ0v) is 17.9. The third kappa shape index (κ3) is 4.53. The highest BCUT2D eigenvalue weighted by Crippen LogP contribution is 2.49. The molecule has 2 bridgehead atoms. The molecular weight excluding hydrogens is 384 g/mol. The second-order valence-corrected chi connectivity index (χ2v) is 9.13. The van der Waals surface area contributed by atoms with E-state index in [2.05, 4.69) is 11.9 Å². The van der Waals surface area contributed by atoms with Crippen LogP contribution in [0.25, 0.3) is 0 Å². The average Bonchev–Trinajstić information content (AvgIpc) is 3.44. The summed E-state index contributed by atoms with van der Waals surface area (Å²) in [6.45, 7) is 3.80. The minimum atomic E-state index is -0.129. The number of carbonyl (C=O) groups is 2. The largest absolute Gasteiger partial charge is 0.459 e. The van der Waals surface area contributed by atoms with Crippen molar-refractivity contribution in [2.45, 2.75) is 59.0 Å². The molecule has 1 aromatic heterocycles. The number of hydrogen-bond acceptors (Lipinski definition) is 5. The molecule has 154 valence electrons. The predicted molar refractivity (Wildman–Crippen MR) is 114 cm³/mol. The average molecular weight is 413 g/mol. The van der Waals surface area contributed by atoms with Crippen LogP contribution in [-0.2, 0) is 27.4 Å². The Morgan fingerprint density at radius 2 is 2.00 bits per heavy atom. The van der Waals surface area contributed by atoms with E-state index in [0.29, 0.717) is 23.2 Å². The summed E-state index contributed by atoms with van der Waals surface area (Å²) in [5.74, 6) is 1.84. The maximum Gasteiger partial charge on any atom is 0.306 e. The Hall–Kier alpha value is -2.21. The Labute approximate surface area is 176 Å². The summed E-state index contributed by atoms with van der Waals surface area (Å²) in [6.07, 6.45) is 6.58. The van der Waals surface area contributed by atoms with Gasteiger partial charge in [0.15, 0.2) is 5.13 Å². The number of aromatic nitrogens is 1. The number of hydrogen-bond donors (Lipinski definition) is 0. The topological polar surface area (TPSA) is 59.5 Å². The lowest BCUT2D eigenvalue weighted by Gasteiger charge is -2.20. The van der Waals surface area contributed by atoms with Crippen LogP contribution >= 0.6 is 11.3 Å². The summed E-state index contributed by atoms with van der Waals surface area (Å²) in [5.41, 5.74) is 2.70. The number of aryl methyl sites for hydroxylation is 1. The molecule has 0 aliphatic heterocycles. The lowest BCUT2D eigenvalue weighted by molar-refractivity contribution is -0.146. The fourth-order valence-corrected chi connectivity index (χ4v) is 5.70. The highest BCUT2D eigenvalue weighted by molar-refractivity contribution is 7.14. The normalized spacial score (nSPS) is 22.6. The van der Waals surface area contributed by atoms with Gasteiger partial charge in [0.2, 0.25) is 5.91 Å². The van der Waals surface area contributed by atoms with E-state index < -0.39 is 0 Å². The number of rotatable bonds is 7. The van der Waals surface area contributed by atoms with Crippen LogP contribution in [0.1, 0.15) is 57.2 Å². The molecule has 29 heavy (non-hydrogen) atoms. The van der Waals surface area contributed by atoms with Gasteiger partial charge in [-0.3, -0.25) is 14.5 Å². The Morgan fingerprint density at radius 3 is 2.62 bits per heavy atom. The number of benzene rings is 1. The SMILES string of the molecule is CCc1ccc(N(C(C)=O)c2nc(COC(=O)C[C@H]3C[C@H]4CC[C@@H]3C4)cs2)cc1. The third-order valence-corrected chi connectivity index (χ3v) is 7.22. The number of thiazole rings is 1. The van der Waals surface area contributed by atoms with Crippen LogP contribution in [0.15, 0.2) is 29.6 Å². The van der Waals surface area contributed by atoms with Gasteiger partial charge in [-0.25, -0.2) is 4.98 Å². The Bertz CT molecular complexity index is 877. The number of anilines is 2. The minimum absolute atomic E-state index is 0.0940. The van der Waals surface area contributed by atoms with Crippen LogP contribution in [0.3, 0.4) is 0 Å². The van der Waals surface area contributed by atoms with Gasteiger partial charge in [-0.05, 0) is 61.1 Å². The first kappa shape index (κ1) is 20.1. The van der Waals surface area contributed by atoms with E-state index >= 15 is 0 Å². The molecule has 2 aliphatic rings. The van der Waals surface area contributed by atoms with Gasteiger partial charge in [-0.15, -0.1) is 11.3 Å². The summed E-state index contributed by atoms with van der Waals surface area (Å²) in [7, 11) is 0. The molecule has 1 amide bonds. The molecular formula is C23H28N2O3S. The predicted octanol–water partition coefficient (Wildman–Crippen LogP) is 5.26. The Kier molecular flexibility index (Phi) is 5.99. The molecule has 3 atom stereocenters. The maximum absolute atomic E-state index is 12.3. The van der Waals surface area contributed by atoms with Crippen LogP contribution < -0.4 is 4.90 Å². The molecule has 6 heteroatoms. The van der Waals surface area contributed by atoms with Crippen molar-refractivity contribution in [3.63, 3.8) is 0 Å². The number of carbonyl (C=O) groups excluding carboxylic acids is 2. The quantitative estimate of drug-likeness (QED) is 0.582. The van der Waals surface area contributed by atoms with Crippen molar-refractivity contribution in [1.82, 2.24) is 4.98 Å². The highest BCUT2D eigenvalue weighted by Gasteiger charge is 2.40. The summed E-state index contributed by atoms with van der Waals surface area (Å²) >= 11 is 1.39. The molecule has 1 aromatic carbocycles. The van der Waals surface area contributed by atoms with Crippen molar-refractivity contribution in [2.24, 2.45) is 17.8 Å². The first-order valence-corrected chi connectivity index (χ1v) is 11.4. The smallest absolute Gasteiger partial charge is 0.306 e. The van der Waals surface area contributed by atoms with Gasteiger partial charge in [0.25, 0.3) is 0 Å². The molecule has 0 saturated heterocycles. The van der Waals surface area contributed by atoms with Crippen molar-refractivity contribution in [3.05, 3.63) is 40.9 Å². The van der Waals surface area contributed by atoms with Crippen molar-refractivity contribution in [2.75, 3.05) is 4.90 Å². The summed E-state index contributed by atoms with van der Waals surface area (Å²) in [5, 5.41) is 2.46. The first-order valence-electron chi connectivity index (χ1n) is 10.5. The van der Waals surface area contributed by atoms with Crippen LogP contribution in [-0.4, -0.2) is 16.9 Å². The van der Waals surface area contributed by atoms with Gasteiger partial charge in [0.05, 0.1) is 11.4 Å².